The third-order valence-corrected chi connectivity index (χ3v) is 3.01. The Morgan fingerprint density at radius 2 is 1.94 bits per heavy atom. The number of hydrogen-bond acceptors (Lipinski definition) is 3. The molecule has 1 aromatic heterocycles. The normalized spacial score (nSPS) is 13.2. The quantitative estimate of drug-likeness (QED) is 0.812. The monoisotopic (exact) mass is 265 g/mol. The molecule has 1 heterocycles. The molecule has 0 saturated heterocycles. The molecular weight excluding hydrogens is 259 g/mol. The summed E-state index contributed by atoms with van der Waals surface area (Å²) in [6, 6.07) is 2.58. The lowest BCUT2D eigenvalue weighted by Gasteiger charge is -2.05. The molecule has 2 rings (SSSR count). The minimum atomic E-state index is -4.55. The number of primary sulfonamides is 1. The van der Waals surface area contributed by atoms with Gasteiger partial charge in [-0.3, -0.25) is 5.10 Å². The number of sulfonamides is 1. The van der Waals surface area contributed by atoms with E-state index in [2.05, 4.69) is 10.2 Å². The van der Waals surface area contributed by atoms with Crippen molar-refractivity contribution < 1.29 is 21.6 Å². The van der Waals surface area contributed by atoms with Crippen LogP contribution in [-0.4, -0.2) is 18.6 Å². The first kappa shape index (κ1) is 11.9. The Kier molecular flexibility index (Phi) is 2.40. The van der Waals surface area contributed by atoms with Crippen LogP contribution in [0.3, 0.4) is 0 Å². The maximum atomic E-state index is 12.4. The Morgan fingerprint density at radius 1 is 1.29 bits per heavy atom. The van der Waals surface area contributed by atoms with Crippen molar-refractivity contribution in [2.24, 2.45) is 5.14 Å². The fraction of sp³-hybridized carbons (Fsp3) is 0.125. The van der Waals surface area contributed by atoms with Crippen LogP contribution in [0.5, 0.6) is 0 Å². The zero-order valence-corrected chi connectivity index (χ0v) is 8.93. The van der Waals surface area contributed by atoms with Gasteiger partial charge in [0.1, 0.15) is 0 Å². The Balaban J connectivity index is 2.76. The summed E-state index contributed by atoms with van der Waals surface area (Å²) in [5, 5.41) is 9.80. The molecule has 0 radical (unpaired) electrons. The summed E-state index contributed by atoms with van der Waals surface area (Å²) < 4.78 is 59.5. The number of H-pyrrole nitrogens is 1. The summed E-state index contributed by atoms with van der Waals surface area (Å²) in [6.07, 6.45) is -4.55. The second-order valence-corrected chi connectivity index (χ2v) is 4.83. The highest BCUT2D eigenvalue weighted by Crippen LogP contribution is 2.32. The van der Waals surface area contributed by atoms with Crippen molar-refractivity contribution in [3.05, 3.63) is 23.8 Å². The summed E-state index contributed by atoms with van der Waals surface area (Å²) in [6.45, 7) is 0. The smallest absolute Gasteiger partial charge is 0.265 e. The van der Waals surface area contributed by atoms with Crippen molar-refractivity contribution in [2.75, 3.05) is 0 Å². The van der Waals surface area contributed by atoms with E-state index in [9.17, 15) is 21.6 Å². The summed E-state index contributed by atoms with van der Waals surface area (Å²) in [4.78, 5) is 0. The first-order valence-corrected chi connectivity index (χ1v) is 5.82. The van der Waals surface area contributed by atoms with Crippen molar-refractivity contribution in [1.82, 2.24) is 10.2 Å². The molecule has 0 aliphatic carbocycles. The van der Waals surface area contributed by atoms with Crippen LogP contribution in [0, 0.1) is 0 Å². The highest BCUT2D eigenvalue weighted by Gasteiger charge is 2.31. The molecule has 0 unspecified atom stereocenters. The van der Waals surface area contributed by atoms with E-state index in [4.69, 9.17) is 5.14 Å². The highest BCUT2D eigenvalue weighted by molar-refractivity contribution is 7.89. The molecule has 3 N–H and O–H groups in total. The highest BCUT2D eigenvalue weighted by atomic mass is 32.2. The molecular formula is C8H6F3N3O2S. The second kappa shape index (κ2) is 3.44. The number of hydrogen-bond donors (Lipinski definition) is 2. The Hall–Kier alpha value is -1.61. The molecule has 0 spiro atoms. The van der Waals surface area contributed by atoms with Crippen LogP contribution in [0.2, 0.25) is 0 Å². The van der Waals surface area contributed by atoms with Crippen LogP contribution in [-0.2, 0) is 16.2 Å². The summed E-state index contributed by atoms with van der Waals surface area (Å²) in [5.41, 5.74) is -0.863. The zero-order valence-electron chi connectivity index (χ0n) is 8.12. The summed E-state index contributed by atoms with van der Waals surface area (Å²) in [5.74, 6) is 0. The van der Waals surface area contributed by atoms with Crippen LogP contribution < -0.4 is 5.14 Å². The molecule has 0 atom stereocenters. The topological polar surface area (TPSA) is 88.8 Å². The van der Waals surface area contributed by atoms with Gasteiger partial charge >= 0.3 is 6.18 Å². The molecule has 1 aromatic carbocycles. The van der Waals surface area contributed by atoms with Crippen molar-refractivity contribution in [3.8, 4) is 0 Å². The second-order valence-electron chi connectivity index (χ2n) is 3.33. The van der Waals surface area contributed by atoms with Crippen molar-refractivity contribution in [1.29, 1.82) is 0 Å². The van der Waals surface area contributed by atoms with Gasteiger partial charge in [-0.25, -0.2) is 13.6 Å². The van der Waals surface area contributed by atoms with Gasteiger partial charge in [0, 0.05) is 5.39 Å². The van der Waals surface area contributed by atoms with E-state index >= 15 is 0 Å². The number of nitrogens with zero attached hydrogens (tertiary/aromatic N) is 1. The number of nitrogens with one attached hydrogen (secondary N) is 1. The van der Waals surface area contributed by atoms with Crippen LogP contribution in [0.15, 0.2) is 23.2 Å². The fourth-order valence-corrected chi connectivity index (χ4v) is 2.02. The number of nitrogens with two attached hydrogens (primary N) is 1. The Bertz CT molecular complexity index is 675. The van der Waals surface area contributed by atoms with Gasteiger partial charge in [0.2, 0.25) is 0 Å². The Morgan fingerprint density at radius 3 is 2.47 bits per heavy atom. The summed E-state index contributed by atoms with van der Waals surface area (Å²) in [7, 11) is -4.13. The fourth-order valence-electron chi connectivity index (χ4n) is 1.38. The number of alkyl halides is 3. The molecule has 0 aliphatic rings. The lowest BCUT2D eigenvalue weighted by Crippen LogP contribution is -2.13. The molecule has 0 saturated carbocycles. The lowest BCUT2D eigenvalue weighted by atomic mass is 10.1. The number of aromatic amines is 1. The molecule has 2 aromatic rings. The SMILES string of the molecule is NS(=O)(=O)c1[nH]nc2ccc(C(F)(F)F)cc12. The standard InChI is InChI=1S/C8H6F3N3O2S/c9-8(10,11)4-1-2-6-5(3-4)7(14-13-6)17(12,15)16/h1-3H,(H,13,14)(H2,12,15,16). The number of aromatic nitrogens is 2. The van der Waals surface area contributed by atoms with E-state index in [0.717, 1.165) is 12.1 Å². The van der Waals surface area contributed by atoms with E-state index in [1.807, 2.05) is 0 Å². The van der Waals surface area contributed by atoms with Crippen LogP contribution in [0.25, 0.3) is 10.9 Å². The third-order valence-electron chi connectivity index (χ3n) is 2.13. The minimum Gasteiger partial charge on any atom is -0.265 e. The molecule has 17 heavy (non-hydrogen) atoms. The van der Waals surface area contributed by atoms with E-state index in [1.54, 1.807) is 0 Å². The first-order valence-electron chi connectivity index (χ1n) is 4.28. The summed E-state index contributed by atoms with van der Waals surface area (Å²) >= 11 is 0. The van der Waals surface area contributed by atoms with Gasteiger partial charge in [-0.05, 0) is 18.2 Å². The molecule has 92 valence electrons. The van der Waals surface area contributed by atoms with Crippen molar-refractivity contribution >= 4 is 20.9 Å². The molecule has 5 nitrogen and oxygen atoms in total. The average Bonchev–Trinajstić information content (AvgIpc) is 2.57. The Labute approximate surface area is 93.5 Å². The first-order chi connectivity index (χ1) is 7.69. The van der Waals surface area contributed by atoms with Gasteiger partial charge in [-0.1, -0.05) is 0 Å². The lowest BCUT2D eigenvalue weighted by molar-refractivity contribution is -0.137. The maximum absolute atomic E-state index is 12.4. The molecule has 0 amide bonds. The minimum absolute atomic E-state index is 0.0991. The molecule has 9 heteroatoms. The van der Waals surface area contributed by atoms with Crippen LogP contribution in [0.1, 0.15) is 5.56 Å². The van der Waals surface area contributed by atoms with Gasteiger partial charge < -0.3 is 0 Å². The van der Waals surface area contributed by atoms with Crippen LogP contribution in [0.4, 0.5) is 13.2 Å². The van der Waals surface area contributed by atoms with Gasteiger partial charge in [-0.15, -0.1) is 0 Å². The molecule has 0 fully saturated rings. The van der Waals surface area contributed by atoms with Crippen LogP contribution >= 0.6 is 0 Å². The molecule has 0 aliphatic heterocycles. The van der Waals surface area contributed by atoms with Gasteiger partial charge in [-0.2, -0.15) is 18.3 Å². The average molecular weight is 265 g/mol. The predicted octanol–water partition coefficient (Wildman–Crippen LogP) is 1.23. The number of fused-ring (bicyclic) bond motifs is 1. The van der Waals surface area contributed by atoms with E-state index in [-0.39, 0.29) is 10.9 Å². The third kappa shape index (κ3) is 2.11. The van der Waals surface area contributed by atoms with Gasteiger partial charge in [0.15, 0.2) is 5.03 Å². The van der Waals surface area contributed by atoms with E-state index in [0.29, 0.717) is 6.07 Å². The number of rotatable bonds is 1. The van der Waals surface area contributed by atoms with Gasteiger partial charge in [0.05, 0.1) is 11.1 Å². The zero-order chi connectivity index (χ0) is 12.8. The van der Waals surface area contributed by atoms with Gasteiger partial charge in [0.25, 0.3) is 10.0 Å². The number of halogens is 3. The molecule has 0 bridgehead atoms. The van der Waals surface area contributed by atoms with E-state index < -0.39 is 26.8 Å². The van der Waals surface area contributed by atoms with Crippen molar-refractivity contribution in [2.45, 2.75) is 11.2 Å². The largest absolute Gasteiger partial charge is 0.416 e. The predicted molar refractivity (Wildman–Crippen MR) is 52.5 cm³/mol. The van der Waals surface area contributed by atoms with Crippen molar-refractivity contribution in [3.63, 3.8) is 0 Å². The van der Waals surface area contributed by atoms with E-state index in [1.165, 1.54) is 0 Å². The number of benzene rings is 1. The maximum Gasteiger partial charge on any atom is 0.416 e.